The molecule has 17 heavy (non-hydrogen) atoms. The lowest BCUT2D eigenvalue weighted by Gasteiger charge is -2.16. The van der Waals surface area contributed by atoms with Gasteiger partial charge in [0.15, 0.2) is 5.82 Å². The van der Waals surface area contributed by atoms with Crippen molar-refractivity contribution < 1.29 is 13.2 Å². The molecule has 0 atom stereocenters. The first kappa shape index (κ1) is 14.9. The Balaban J connectivity index is 3.21. The van der Waals surface area contributed by atoms with E-state index in [0.29, 0.717) is 6.42 Å². The van der Waals surface area contributed by atoms with Gasteiger partial charge in [-0.3, -0.25) is 0 Å². The predicted molar refractivity (Wildman–Crippen MR) is 59.2 cm³/mol. The summed E-state index contributed by atoms with van der Waals surface area (Å²) in [4.78, 5) is 0. The van der Waals surface area contributed by atoms with Crippen molar-refractivity contribution in [3.8, 4) is 0 Å². The number of aryl methyl sites for hydroxylation is 1. The minimum absolute atomic E-state index is 0.0737. The van der Waals surface area contributed by atoms with Gasteiger partial charge in [-0.2, -0.15) is 0 Å². The Morgan fingerprint density at radius 3 is 2.18 bits per heavy atom. The molecule has 0 amide bonds. The van der Waals surface area contributed by atoms with E-state index in [1.807, 2.05) is 6.92 Å². The largest absolute Gasteiger partial charge is 0.491 e. The second-order valence-electron chi connectivity index (χ2n) is 3.34. The van der Waals surface area contributed by atoms with Crippen LogP contribution in [0.4, 0.5) is 13.2 Å². The van der Waals surface area contributed by atoms with Crippen LogP contribution in [0.15, 0.2) is 0 Å². The van der Waals surface area contributed by atoms with Crippen LogP contribution in [0.3, 0.4) is 0 Å². The summed E-state index contributed by atoms with van der Waals surface area (Å²) in [5.74, 6) is -0.984. The first-order valence-electron chi connectivity index (χ1n) is 4.76. The molecule has 98 valence electrons. The highest BCUT2D eigenvalue weighted by Crippen LogP contribution is 2.40. The van der Waals surface area contributed by atoms with Crippen molar-refractivity contribution in [2.45, 2.75) is 36.3 Å². The Morgan fingerprint density at radius 1 is 1.18 bits per heavy atom. The van der Waals surface area contributed by atoms with Crippen molar-refractivity contribution >= 4 is 34.8 Å². The Morgan fingerprint density at radius 2 is 1.76 bits per heavy atom. The molecule has 0 radical (unpaired) electrons. The average Bonchev–Trinajstić information content (AvgIpc) is 2.56. The van der Waals surface area contributed by atoms with E-state index in [1.54, 1.807) is 0 Å². The summed E-state index contributed by atoms with van der Waals surface area (Å²) < 4.78 is 36.1. The highest BCUT2D eigenvalue weighted by molar-refractivity contribution is 6.66. The fraction of sp³-hybridized carbons (Fsp3) is 0.750. The molecule has 0 spiro atoms. The molecule has 1 aromatic heterocycles. The van der Waals surface area contributed by atoms with Gasteiger partial charge in [0, 0.05) is 6.42 Å². The molecule has 0 saturated heterocycles. The molecule has 0 aliphatic rings. The lowest BCUT2D eigenvalue weighted by molar-refractivity contribution is -0.207. The molecular weight excluding hydrogens is 301 g/mol. The summed E-state index contributed by atoms with van der Waals surface area (Å²) in [6.07, 6.45) is -3.29. The second-order valence-corrected chi connectivity index (χ2v) is 5.63. The summed E-state index contributed by atoms with van der Waals surface area (Å²) in [6, 6.07) is 0. The van der Waals surface area contributed by atoms with E-state index in [-0.39, 0.29) is 16.8 Å². The van der Waals surface area contributed by atoms with Crippen LogP contribution in [0.2, 0.25) is 0 Å². The summed E-state index contributed by atoms with van der Waals surface area (Å²) >= 11 is 16.3. The number of unbranched alkanes of at least 4 members (excludes halogenated alkanes) is 1. The molecule has 0 aliphatic heterocycles. The Kier molecular flexibility index (Phi) is 4.54. The average molecular weight is 311 g/mol. The fourth-order valence-electron chi connectivity index (χ4n) is 1.26. The van der Waals surface area contributed by atoms with Crippen molar-refractivity contribution in [1.29, 1.82) is 0 Å². The van der Waals surface area contributed by atoms with Gasteiger partial charge in [-0.15, -0.1) is 23.4 Å². The van der Waals surface area contributed by atoms with E-state index in [4.69, 9.17) is 34.8 Å². The van der Waals surface area contributed by atoms with Crippen LogP contribution in [0.5, 0.6) is 0 Å². The van der Waals surface area contributed by atoms with E-state index in [9.17, 15) is 13.2 Å². The van der Waals surface area contributed by atoms with Crippen molar-refractivity contribution in [2.24, 2.45) is 0 Å². The van der Waals surface area contributed by atoms with Gasteiger partial charge in [0.05, 0.1) is 0 Å². The van der Waals surface area contributed by atoms with Gasteiger partial charge >= 0.3 is 6.30 Å². The molecule has 0 unspecified atom stereocenters. The topological polar surface area (TPSA) is 30.7 Å². The summed E-state index contributed by atoms with van der Waals surface area (Å²) in [6.45, 7) is 1.85. The molecule has 0 aliphatic carbocycles. The Bertz CT molecular complexity index is 384. The Labute approximate surface area is 111 Å². The highest BCUT2D eigenvalue weighted by Gasteiger charge is 2.42. The van der Waals surface area contributed by atoms with E-state index < -0.39 is 15.9 Å². The zero-order valence-corrected chi connectivity index (χ0v) is 11.0. The first-order valence-corrected chi connectivity index (χ1v) is 5.90. The quantitative estimate of drug-likeness (QED) is 0.792. The van der Waals surface area contributed by atoms with Crippen LogP contribution in [0.1, 0.15) is 31.4 Å². The van der Waals surface area contributed by atoms with Crippen molar-refractivity contribution in [1.82, 2.24) is 14.8 Å². The van der Waals surface area contributed by atoms with E-state index in [0.717, 1.165) is 6.42 Å². The summed E-state index contributed by atoms with van der Waals surface area (Å²) in [5.41, 5.74) is 0. The number of alkyl halides is 6. The minimum atomic E-state index is -4.70. The number of hydrogen-bond acceptors (Lipinski definition) is 2. The smallest absolute Gasteiger partial charge is 0.220 e. The normalized spacial score (nSPS) is 13.1. The molecular formula is C8H9Cl3F3N3. The zero-order valence-electron chi connectivity index (χ0n) is 8.73. The van der Waals surface area contributed by atoms with Crippen molar-refractivity contribution in [2.75, 3.05) is 0 Å². The molecule has 1 rings (SSSR count). The maximum Gasteiger partial charge on any atom is 0.491 e. The van der Waals surface area contributed by atoms with Crippen molar-refractivity contribution in [3.05, 3.63) is 11.6 Å². The standard InChI is InChI=1S/C8H9Cl3F3N3/c1-2-3-4-5-15-16-6(7(9,10)11)17(5)8(12,13)14/h2-4H2,1H3. The fourth-order valence-corrected chi connectivity index (χ4v) is 1.63. The predicted octanol–water partition coefficient (Wildman–Crippen LogP) is 3.92. The Hall–Kier alpha value is -0.200. The molecule has 0 N–H and O–H groups in total. The maximum absolute atomic E-state index is 12.8. The van der Waals surface area contributed by atoms with Crippen LogP contribution in [-0.2, 0) is 16.5 Å². The first-order chi connectivity index (χ1) is 7.68. The van der Waals surface area contributed by atoms with Crippen LogP contribution >= 0.6 is 34.8 Å². The minimum Gasteiger partial charge on any atom is -0.220 e. The monoisotopic (exact) mass is 309 g/mol. The molecule has 0 fully saturated rings. The molecule has 1 aromatic rings. The van der Waals surface area contributed by atoms with Crippen LogP contribution in [-0.4, -0.2) is 14.8 Å². The van der Waals surface area contributed by atoms with E-state index in [2.05, 4.69) is 10.2 Å². The highest BCUT2D eigenvalue weighted by atomic mass is 35.6. The number of aromatic nitrogens is 3. The molecule has 0 saturated carbocycles. The SMILES string of the molecule is CCCCc1nnc(C(Cl)(Cl)Cl)n1C(F)(F)F. The number of rotatable bonds is 3. The van der Waals surface area contributed by atoms with Crippen molar-refractivity contribution in [3.63, 3.8) is 0 Å². The van der Waals surface area contributed by atoms with Crippen LogP contribution < -0.4 is 0 Å². The van der Waals surface area contributed by atoms with Gasteiger partial charge in [0.25, 0.3) is 3.79 Å². The number of nitrogens with zero attached hydrogens (tertiary/aromatic N) is 3. The molecule has 0 bridgehead atoms. The summed E-state index contributed by atoms with van der Waals surface area (Å²) in [5, 5.41) is 6.73. The molecule has 1 heterocycles. The molecule has 9 heteroatoms. The van der Waals surface area contributed by atoms with Gasteiger partial charge in [0.2, 0.25) is 0 Å². The number of halogens is 6. The molecule has 3 nitrogen and oxygen atoms in total. The third-order valence-electron chi connectivity index (χ3n) is 1.99. The zero-order chi connectivity index (χ0) is 13.3. The summed E-state index contributed by atoms with van der Waals surface area (Å²) in [7, 11) is 0. The maximum atomic E-state index is 12.8. The lowest BCUT2D eigenvalue weighted by atomic mass is 10.2. The van der Waals surface area contributed by atoms with Gasteiger partial charge in [-0.05, 0) is 6.42 Å². The van der Waals surface area contributed by atoms with Gasteiger partial charge in [-0.1, -0.05) is 48.1 Å². The second kappa shape index (κ2) is 5.20. The van der Waals surface area contributed by atoms with Gasteiger partial charge in [0.1, 0.15) is 5.82 Å². The third kappa shape index (κ3) is 3.63. The third-order valence-corrected chi connectivity index (χ3v) is 2.50. The van der Waals surface area contributed by atoms with E-state index in [1.165, 1.54) is 0 Å². The lowest BCUT2D eigenvalue weighted by Crippen LogP contribution is -2.25. The van der Waals surface area contributed by atoms with E-state index >= 15 is 0 Å². The van der Waals surface area contributed by atoms with Crippen LogP contribution in [0.25, 0.3) is 0 Å². The molecule has 0 aromatic carbocycles. The van der Waals surface area contributed by atoms with Crippen LogP contribution in [0, 0.1) is 0 Å². The van der Waals surface area contributed by atoms with Gasteiger partial charge < -0.3 is 0 Å². The van der Waals surface area contributed by atoms with Gasteiger partial charge in [-0.25, -0.2) is 4.57 Å². The number of hydrogen-bond donors (Lipinski definition) is 0.